The summed E-state index contributed by atoms with van der Waals surface area (Å²) >= 11 is 0. The first kappa shape index (κ1) is 13.8. The molecule has 1 N–H and O–H groups in total. The molecule has 3 rings (SSSR count). The Morgan fingerprint density at radius 2 is 1.71 bits per heavy atom. The Labute approximate surface area is 125 Å². The lowest BCUT2D eigenvalue weighted by Crippen LogP contribution is -2.18. The Kier molecular flexibility index (Phi) is 3.98. The number of benzene rings is 2. The molecule has 0 aliphatic carbocycles. The summed E-state index contributed by atoms with van der Waals surface area (Å²) in [5.41, 5.74) is 4.71. The molecule has 1 unspecified atom stereocenters. The molecule has 0 fully saturated rings. The minimum atomic E-state index is 0.125. The van der Waals surface area contributed by atoms with Crippen molar-refractivity contribution in [3.8, 4) is 0 Å². The van der Waals surface area contributed by atoms with Gasteiger partial charge in [-0.15, -0.1) is 0 Å². The molecule has 21 heavy (non-hydrogen) atoms. The van der Waals surface area contributed by atoms with Crippen LogP contribution in [0.25, 0.3) is 10.9 Å². The molecule has 0 saturated heterocycles. The van der Waals surface area contributed by atoms with Gasteiger partial charge in [0.25, 0.3) is 0 Å². The lowest BCUT2D eigenvalue weighted by atomic mass is 10.0. The van der Waals surface area contributed by atoms with E-state index in [2.05, 4.69) is 60.8 Å². The summed E-state index contributed by atoms with van der Waals surface area (Å²) in [6.07, 6.45) is 1.07. The van der Waals surface area contributed by atoms with E-state index in [1.165, 1.54) is 16.5 Å². The Hall–Kier alpha value is -2.19. The molecule has 0 spiro atoms. The minimum Gasteiger partial charge on any atom is -0.308 e. The molecule has 3 aromatic rings. The van der Waals surface area contributed by atoms with E-state index in [1.807, 2.05) is 19.2 Å². The average molecular weight is 276 g/mol. The fourth-order valence-electron chi connectivity index (χ4n) is 2.67. The molecule has 2 heteroatoms. The molecule has 2 nitrogen and oxygen atoms in total. The predicted octanol–water partition coefficient (Wildman–Crippen LogP) is 4.11. The van der Waals surface area contributed by atoms with Gasteiger partial charge in [-0.25, -0.2) is 0 Å². The molecule has 1 heterocycles. The molecular formula is C19H20N2. The third-order valence-electron chi connectivity index (χ3n) is 3.93. The highest BCUT2D eigenvalue weighted by Gasteiger charge is 2.13. The van der Waals surface area contributed by atoms with Crippen molar-refractivity contribution in [1.82, 2.24) is 10.3 Å². The molecule has 0 amide bonds. The number of hydrogen-bond donors (Lipinski definition) is 1. The summed E-state index contributed by atoms with van der Waals surface area (Å²) in [5, 5.41) is 4.55. The Morgan fingerprint density at radius 1 is 0.952 bits per heavy atom. The number of fused-ring (bicyclic) bond motifs is 1. The van der Waals surface area contributed by atoms with E-state index in [9.17, 15) is 0 Å². The zero-order valence-corrected chi connectivity index (χ0v) is 12.5. The quantitative estimate of drug-likeness (QED) is 0.776. The fourth-order valence-corrected chi connectivity index (χ4v) is 2.67. The lowest BCUT2D eigenvalue weighted by Gasteiger charge is -2.17. The van der Waals surface area contributed by atoms with Crippen LogP contribution in [0.4, 0.5) is 0 Å². The maximum absolute atomic E-state index is 4.80. The number of aryl methyl sites for hydroxylation is 1. The number of nitrogens with one attached hydrogen (secondary N) is 1. The summed E-state index contributed by atoms with van der Waals surface area (Å²) in [7, 11) is 1.98. The molecule has 2 aromatic carbocycles. The second-order valence-electron chi connectivity index (χ2n) is 5.25. The van der Waals surface area contributed by atoms with Crippen molar-refractivity contribution in [3.63, 3.8) is 0 Å². The van der Waals surface area contributed by atoms with Gasteiger partial charge in [0.05, 0.1) is 17.3 Å². The first-order valence-electron chi connectivity index (χ1n) is 7.43. The van der Waals surface area contributed by atoms with Gasteiger partial charge in [-0.05, 0) is 36.7 Å². The van der Waals surface area contributed by atoms with E-state index >= 15 is 0 Å². The van der Waals surface area contributed by atoms with Crippen LogP contribution in [0.2, 0.25) is 0 Å². The molecule has 0 saturated carbocycles. The van der Waals surface area contributed by atoms with Gasteiger partial charge in [0, 0.05) is 5.39 Å². The van der Waals surface area contributed by atoms with Crippen LogP contribution in [0, 0.1) is 0 Å². The summed E-state index contributed by atoms with van der Waals surface area (Å²) in [6.45, 7) is 2.18. The van der Waals surface area contributed by atoms with E-state index in [0.717, 1.165) is 17.6 Å². The molecule has 1 aromatic heterocycles. The van der Waals surface area contributed by atoms with Gasteiger partial charge in [-0.2, -0.15) is 0 Å². The van der Waals surface area contributed by atoms with E-state index in [4.69, 9.17) is 4.98 Å². The second-order valence-corrected chi connectivity index (χ2v) is 5.25. The van der Waals surface area contributed by atoms with Gasteiger partial charge in [0.1, 0.15) is 0 Å². The molecule has 0 aliphatic heterocycles. The van der Waals surface area contributed by atoms with Crippen LogP contribution < -0.4 is 5.32 Å². The second kappa shape index (κ2) is 6.06. The third kappa shape index (κ3) is 2.81. The van der Waals surface area contributed by atoms with Gasteiger partial charge in [0.2, 0.25) is 0 Å². The van der Waals surface area contributed by atoms with Crippen LogP contribution >= 0.6 is 0 Å². The molecule has 0 radical (unpaired) electrons. The number of para-hydroxylation sites is 1. The number of aromatic nitrogens is 1. The molecule has 0 aliphatic rings. The topological polar surface area (TPSA) is 24.9 Å². The van der Waals surface area contributed by atoms with Crippen molar-refractivity contribution < 1.29 is 0 Å². The van der Waals surface area contributed by atoms with Gasteiger partial charge in [-0.3, -0.25) is 4.98 Å². The average Bonchev–Trinajstić information content (AvgIpc) is 2.56. The highest BCUT2D eigenvalue weighted by molar-refractivity contribution is 5.78. The highest BCUT2D eigenvalue weighted by Crippen LogP contribution is 2.23. The summed E-state index contributed by atoms with van der Waals surface area (Å²) in [5.74, 6) is 0. The zero-order valence-electron chi connectivity index (χ0n) is 12.5. The van der Waals surface area contributed by atoms with E-state index in [1.54, 1.807) is 0 Å². The Morgan fingerprint density at radius 3 is 2.43 bits per heavy atom. The van der Waals surface area contributed by atoms with Crippen molar-refractivity contribution in [3.05, 3.63) is 77.5 Å². The standard InChI is InChI=1S/C19H20N2/c1-3-14-8-10-16(11-9-14)19(20-2)18-13-12-15-6-4-5-7-17(15)21-18/h4-13,19-20H,3H2,1-2H3. The van der Waals surface area contributed by atoms with E-state index in [0.29, 0.717) is 0 Å². The molecule has 106 valence electrons. The van der Waals surface area contributed by atoms with Crippen LogP contribution in [0.3, 0.4) is 0 Å². The van der Waals surface area contributed by atoms with Crippen LogP contribution in [0.15, 0.2) is 60.7 Å². The smallest absolute Gasteiger partial charge is 0.0749 e. The van der Waals surface area contributed by atoms with Crippen LogP contribution in [0.5, 0.6) is 0 Å². The Balaban J connectivity index is 2.00. The van der Waals surface area contributed by atoms with E-state index < -0.39 is 0 Å². The van der Waals surface area contributed by atoms with Gasteiger partial charge in [0.15, 0.2) is 0 Å². The van der Waals surface area contributed by atoms with Crippen LogP contribution in [0.1, 0.15) is 29.8 Å². The van der Waals surface area contributed by atoms with Crippen molar-refractivity contribution in [1.29, 1.82) is 0 Å². The summed E-state index contributed by atoms with van der Waals surface area (Å²) < 4.78 is 0. The van der Waals surface area contributed by atoms with Crippen molar-refractivity contribution in [2.45, 2.75) is 19.4 Å². The summed E-state index contributed by atoms with van der Waals surface area (Å²) in [4.78, 5) is 4.80. The molecule has 1 atom stereocenters. The molecule has 0 bridgehead atoms. The fraction of sp³-hybridized carbons (Fsp3) is 0.211. The monoisotopic (exact) mass is 276 g/mol. The number of nitrogens with zero attached hydrogens (tertiary/aromatic N) is 1. The first-order chi connectivity index (χ1) is 10.3. The maximum atomic E-state index is 4.80. The Bertz CT molecular complexity index is 732. The number of pyridine rings is 1. The molecular weight excluding hydrogens is 256 g/mol. The van der Waals surface area contributed by atoms with Crippen molar-refractivity contribution in [2.24, 2.45) is 0 Å². The van der Waals surface area contributed by atoms with Crippen molar-refractivity contribution in [2.75, 3.05) is 7.05 Å². The van der Waals surface area contributed by atoms with Gasteiger partial charge >= 0.3 is 0 Å². The number of hydrogen-bond acceptors (Lipinski definition) is 2. The van der Waals surface area contributed by atoms with E-state index in [-0.39, 0.29) is 6.04 Å². The van der Waals surface area contributed by atoms with Gasteiger partial charge < -0.3 is 5.32 Å². The van der Waals surface area contributed by atoms with Gasteiger partial charge in [-0.1, -0.05) is 55.5 Å². The lowest BCUT2D eigenvalue weighted by molar-refractivity contribution is 0.673. The normalized spacial score (nSPS) is 12.5. The zero-order chi connectivity index (χ0) is 14.7. The summed E-state index contributed by atoms with van der Waals surface area (Å²) in [6, 6.07) is 21.4. The largest absolute Gasteiger partial charge is 0.308 e. The SMILES string of the molecule is CCc1ccc(C(NC)c2ccc3ccccc3n2)cc1. The number of rotatable bonds is 4. The predicted molar refractivity (Wildman–Crippen MR) is 88.5 cm³/mol. The van der Waals surface area contributed by atoms with Crippen LogP contribution in [-0.4, -0.2) is 12.0 Å². The maximum Gasteiger partial charge on any atom is 0.0749 e. The first-order valence-corrected chi connectivity index (χ1v) is 7.43. The minimum absolute atomic E-state index is 0.125. The van der Waals surface area contributed by atoms with Crippen molar-refractivity contribution >= 4 is 10.9 Å². The van der Waals surface area contributed by atoms with Crippen LogP contribution in [-0.2, 0) is 6.42 Å². The third-order valence-corrected chi connectivity index (χ3v) is 3.93. The highest BCUT2D eigenvalue weighted by atomic mass is 14.9.